The topological polar surface area (TPSA) is 89.9 Å². The van der Waals surface area contributed by atoms with E-state index in [1.807, 2.05) is 36.4 Å². The predicted molar refractivity (Wildman–Crippen MR) is 95.3 cm³/mol. The zero-order chi connectivity index (χ0) is 19.3. The van der Waals surface area contributed by atoms with Gasteiger partial charge in [0.05, 0.1) is 5.92 Å². The second-order valence-corrected chi connectivity index (χ2v) is 6.65. The summed E-state index contributed by atoms with van der Waals surface area (Å²) in [7, 11) is 0. The van der Waals surface area contributed by atoms with Crippen molar-refractivity contribution >= 4 is 17.9 Å². The number of carboxylic acids is 1. The van der Waals surface area contributed by atoms with Crippen LogP contribution in [0.5, 0.6) is 0 Å². The maximum absolute atomic E-state index is 12.6. The van der Waals surface area contributed by atoms with Gasteiger partial charge in [-0.25, -0.2) is 0 Å². The van der Waals surface area contributed by atoms with Gasteiger partial charge in [0.2, 0.25) is 0 Å². The van der Waals surface area contributed by atoms with Crippen molar-refractivity contribution in [3.05, 3.63) is 71.8 Å². The third-order valence-electron chi connectivity index (χ3n) is 4.75. The molecule has 1 aliphatic rings. The van der Waals surface area contributed by atoms with Gasteiger partial charge in [0.25, 0.3) is 0 Å². The number of rotatable bonds is 7. The molecule has 0 aromatic heterocycles. The zero-order valence-electron chi connectivity index (χ0n) is 14.7. The van der Waals surface area contributed by atoms with Crippen molar-refractivity contribution in [1.29, 1.82) is 0 Å². The monoisotopic (exact) mass is 368 g/mol. The molecular formula is C21H20O6. The Morgan fingerprint density at radius 2 is 1.22 bits per heavy atom. The minimum Gasteiger partial charge on any atom is -0.481 e. The molecule has 2 aromatic rings. The van der Waals surface area contributed by atoms with E-state index in [9.17, 15) is 14.4 Å². The number of hydrogen-bond acceptors (Lipinski definition) is 5. The fraction of sp³-hybridized carbons (Fsp3) is 0.286. The second kappa shape index (κ2) is 8.03. The summed E-state index contributed by atoms with van der Waals surface area (Å²) in [5.41, 5.74) is 0.0209. The molecule has 0 aliphatic heterocycles. The lowest BCUT2D eigenvalue weighted by molar-refractivity contribution is -0.188. The lowest BCUT2D eigenvalue weighted by Crippen LogP contribution is -2.53. The fourth-order valence-electron chi connectivity index (χ4n) is 3.10. The van der Waals surface area contributed by atoms with Gasteiger partial charge in [-0.15, -0.1) is 0 Å². The molecule has 1 saturated carbocycles. The number of carbonyl (C=O) groups excluding carboxylic acids is 2. The normalized spacial score (nSPS) is 15.4. The van der Waals surface area contributed by atoms with Gasteiger partial charge in [-0.3, -0.25) is 14.4 Å². The van der Waals surface area contributed by atoms with Crippen molar-refractivity contribution in [3.8, 4) is 0 Å². The number of carboxylic acid groups (broad SMARTS) is 1. The minimum absolute atomic E-state index is 0.0190. The standard InChI is InChI=1S/C21H20O6/c22-18(23)17-11-21(12-17,19(24)26-13-15-7-3-1-4-8-15)20(25)27-14-16-9-5-2-6-10-16/h1-10,17H,11-14H2,(H,22,23). The van der Waals surface area contributed by atoms with Crippen molar-refractivity contribution in [1.82, 2.24) is 0 Å². The maximum Gasteiger partial charge on any atom is 0.323 e. The summed E-state index contributed by atoms with van der Waals surface area (Å²) >= 11 is 0. The summed E-state index contributed by atoms with van der Waals surface area (Å²) in [6.45, 7) is 0.0379. The van der Waals surface area contributed by atoms with E-state index < -0.39 is 29.2 Å². The van der Waals surface area contributed by atoms with Gasteiger partial charge < -0.3 is 14.6 Å². The van der Waals surface area contributed by atoms with Crippen molar-refractivity contribution in [2.24, 2.45) is 11.3 Å². The molecule has 0 spiro atoms. The minimum atomic E-state index is -1.55. The summed E-state index contributed by atoms with van der Waals surface area (Å²) in [4.78, 5) is 36.4. The lowest BCUT2D eigenvalue weighted by Gasteiger charge is -2.40. The Labute approximate surface area is 156 Å². The van der Waals surface area contributed by atoms with Crippen molar-refractivity contribution in [3.63, 3.8) is 0 Å². The van der Waals surface area contributed by atoms with Crippen molar-refractivity contribution < 1.29 is 29.0 Å². The second-order valence-electron chi connectivity index (χ2n) is 6.65. The molecule has 0 bridgehead atoms. The summed E-state index contributed by atoms with van der Waals surface area (Å²) < 4.78 is 10.6. The van der Waals surface area contributed by atoms with E-state index in [2.05, 4.69) is 0 Å². The van der Waals surface area contributed by atoms with Crippen LogP contribution in [0.1, 0.15) is 24.0 Å². The maximum atomic E-state index is 12.6. The van der Waals surface area contributed by atoms with E-state index in [4.69, 9.17) is 14.6 Å². The van der Waals surface area contributed by atoms with E-state index in [1.54, 1.807) is 24.3 Å². The Morgan fingerprint density at radius 3 is 1.59 bits per heavy atom. The highest BCUT2D eigenvalue weighted by molar-refractivity contribution is 6.02. The van der Waals surface area contributed by atoms with Gasteiger partial charge >= 0.3 is 17.9 Å². The number of hydrogen-bond donors (Lipinski definition) is 1. The number of esters is 2. The number of carbonyl (C=O) groups is 3. The van der Waals surface area contributed by atoms with Crippen LogP contribution in [0.4, 0.5) is 0 Å². The molecule has 0 atom stereocenters. The molecule has 140 valence electrons. The van der Waals surface area contributed by atoms with E-state index in [-0.39, 0.29) is 26.1 Å². The Bertz CT molecular complexity index is 752. The van der Waals surface area contributed by atoms with Crippen LogP contribution in [-0.2, 0) is 37.1 Å². The molecular weight excluding hydrogens is 348 g/mol. The van der Waals surface area contributed by atoms with Crippen LogP contribution in [0.25, 0.3) is 0 Å². The van der Waals surface area contributed by atoms with Gasteiger partial charge in [-0.1, -0.05) is 60.7 Å². The first-order chi connectivity index (χ1) is 13.0. The summed E-state index contributed by atoms with van der Waals surface area (Å²) in [6, 6.07) is 18.2. The Balaban J connectivity index is 1.66. The summed E-state index contributed by atoms with van der Waals surface area (Å²) in [5, 5.41) is 9.14. The van der Waals surface area contributed by atoms with Crippen LogP contribution in [-0.4, -0.2) is 23.0 Å². The molecule has 0 unspecified atom stereocenters. The Kier molecular flexibility index (Phi) is 5.54. The molecule has 0 saturated heterocycles. The number of ether oxygens (including phenoxy) is 2. The third kappa shape index (κ3) is 4.16. The highest BCUT2D eigenvalue weighted by atomic mass is 16.6. The molecule has 1 N–H and O–H groups in total. The molecule has 6 nitrogen and oxygen atoms in total. The average molecular weight is 368 g/mol. The van der Waals surface area contributed by atoms with Crippen LogP contribution in [0.15, 0.2) is 60.7 Å². The average Bonchev–Trinajstić information content (AvgIpc) is 2.65. The molecule has 1 fully saturated rings. The highest BCUT2D eigenvalue weighted by Crippen LogP contribution is 2.48. The van der Waals surface area contributed by atoms with Crippen LogP contribution in [0.2, 0.25) is 0 Å². The predicted octanol–water partition coefficient (Wildman–Crippen LogP) is 2.95. The molecule has 3 rings (SSSR count). The SMILES string of the molecule is O=C(O)C1CC(C(=O)OCc2ccccc2)(C(=O)OCc2ccccc2)C1. The molecule has 0 amide bonds. The van der Waals surface area contributed by atoms with E-state index in [1.165, 1.54) is 0 Å². The smallest absolute Gasteiger partial charge is 0.323 e. The summed E-state index contributed by atoms with van der Waals surface area (Å²) in [5.74, 6) is -3.25. The molecule has 1 aliphatic carbocycles. The summed E-state index contributed by atoms with van der Waals surface area (Å²) in [6.07, 6.45) is -0.215. The van der Waals surface area contributed by atoms with Crippen LogP contribution >= 0.6 is 0 Å². The quantitative estimate of drug-likeness (QED) is 0.597. The molecule has 0 radical (unpaired) electrons. The largest absolute Gasteiger partial charge is 0.481 e. The van der Waals surface area contributed by atoms with Crippen LogP contribution in [0, 0.1) is 11.3 Å². The highest BCUT2D eigenvalue weighted by Gasteiger charge is 2.60. The first-order valence-corrected chi connectivity index (χ1v) is 8.66. The molecule has 6 heteroatoms. The fourth-order valence-corrected chi connectivity index (χ4v) is 3.10. The third-order valence-corrected chi connectivity index (χ3v) is 4.75. The Hall–Kier alpha value is -3.15. The molecule has 27 heavy (non-hydrogen) atoms. The van der Waals surface area contributed by atoms with Gasteiger partial charge in [-0.2, -0.15) is 0 Å². The van der Waals surface area contributed by atoms with Crippen LogP contribution < -0.4 is 0 Å². The first kappa shape index (κ1) is 18.6. The van der Waals surface area contributed by atoms with E-state index >= 15 is 0 Å². The van der Waals surface area contributed by atoms with Crippen molar-refractivity contribution in [2.45, 2.75) is 26.1 Å². The number of aliphatic carboxylic acids is 1. The molecule has 2 aromatic carbocycles. The molecule has 0 heterocycles. The van der Waals surface area contributed by atoms with Gasteiger partial charge in [-0.05, 0) is 24.0 Å². The Morgan fingerprint density at radius 1 is 0.815 bits per heavy atom. The number of benzene rings is 2. The first-order valence-electron chi connectivity index (χ1n) is 8.66. The van der Waals surface area contributed by atoms with Gasteiger partial charge in [0.1, 0.15) is 13.2 Å². The zero-order valence-corrected chi connectivity index (χ0v) is 14.7. The van der Waals surface area contributed by atoms with Crippen LogP contribution in [0.3, 0.4) is 0 Å². The van der Waals surface area contributed by atoms with E-state index in [0.717, 1.165) is 11.1 Å². The van der Waals surface area contributed by atoms with Gasteiger partial charge in [0.15, 0.2) is 5.41 Å². The van der Waals surface area contributed by atoms with E-state index in [0.29, 0.717) is 0 Å². The van der Waals surface area contributed by atoms with Crippen molar-refractivity contribution in [2.75, 3.05) is 0 Å². The van der Waals surface area contributed by atoms with Gasteiger partial charge in [0, 0.05) is 0 Å². The lowest BCUT2D eigenvalue weighted by atomic mass is 9.62.